The van der Waals surface area contributed by atoms with Crippen molar-refractivity contribution >= 4 is 0 Å². The van der Waals surface area contributed by atoms with Gasteiger partial charge in [-0.2, -0.15) is 8.78 Å². The first kappa shape index (κ1) is 25.1. The highest BCUT2D eigenvalue weighted by Crippen LogP contribution is 2.35. The molecule has 1 aliphatic heterocycles. The third-order valence-electron chi connectivity index (χ3n) is 5.66. The fourth-order valence-electron chi connectivity index (χ4n) is 3.86. The maximum Gasteiger partial charge on any atom is 0.426 e. The molecule has 0 atom stereocenters. The van der Waals surface area contributed by atoms with Crippen molar-refractivity contribution in [3.05, 3.63) is 89.0 Å². The largest absolute Gasteiger partial charge is 0.429 e. The monoisotopic (exact) mass is 496 g/mol. The average molecular weight is 496 g/mol. The molecule has 9 heteroatoms. The smallest absolute Gasteiger partial charge is 0.426 e. The maximum atomic E-state index is 14.8. The van der Waals surface area contributed by atoms with Gasteiger partial charge >= 0.3 is 6.11 Å². The van der Waals surface area contributed by atoms with Crippen LogP contribution in [-0.2, 0) is 15.6 Å². The Morgan fingerprint density at radius 1 is 0.857 bits per heavy atom. The Balaban J connectivity index is 1.47. The van der Waals surface area contributed by atoms with Gasteiger partial charge in [0, 0.05) is 29.2 Å². The molecule has 0 bridgehead atoms. The zero-order valence-corrected chi connectivity index (χ0v) is 18.7. The van der Waals surface area contributed by atoms with E-state index in [-0.39, 0.29) is 5.56 Å². The first-order chi connectivity index (χ1) is 16.7. The molecule has 0 unspecified atom stereocenters. The van der Waals surface area contributed by atoms with Crippen molar-refractivity contribution in [1.82, 2.24) is 0 Å². The second kappa shape index (κ2) is 10.3. The van der Waals surface area contributed by atoms with Gasteiger partial charge in [0.15, 0.2) is 23.7 Å². The molecule has 0 aromatic heterocycles. The standard InChI is InChI=1S/C26H22F6O3/c1-2-3-15-13-33-25(34-14-15)17-6-9-20(21(27)10-17)16-4-7-18(8-5-16)26(31,32)35-19-11-22(28)24(30)23(29)12-19/h4-12,15,25H,2-3,13-14H2,1H3. The Hall–Kier alpha value is -3.04. The summed E-state index contributed by atoms with van der Waals surface area (Å²) in [6.45, 7) is 3.13. The molecule has 0 aliphatic carbocycles. The maximum absolute atomic E-state index is 14.8. The molecule has 0 amide bonds. The molecule has 186 valence electrons. The summed E-state index contributed by atoms with van der Waals surface area (Å²) in [5, 5.41) is 0. The van der Waals surface area contributed by atoms with Gasteiger partial charge in [0.25, 0.3) is 0 Å². The van der Waals surface area contributed by atoms with E-state index in [9.17, 15) is 26.3 Å². The highest BCUT2D eigenvalue weighted by atomic mass is 19.3. The zero-order valence-electron chi connectivity index (χ0n) is 18.7. The van der Waals surface area contributed by atoms with Gasteiger partial charge in [0.1, 0.15) is 11.6 Å². The minimum absolute atomic E-state index is 0.173. The van der Waals surface area contributed by atoms with Crippen LogP contribution in [0.2, 0.25) is 0 Å². The minimum atomic E-state index is -3.98. The van der Waals surface area contributed by atoms with Crippen LogP contribution in [0.1, 0.15) is 37.2 Å². The van der Waals surface area contributed by atoms with E-state index in [1.807, 2.05) is 0 Å². The van der Waals surface area contributed by atoms with Crippen LogP contribution in [0, 0.1) is 29.2 Å². The lowest BCUT2D eigenvalue weighted by molar-refractivity contribution is -0.206. The van der Waals surface area contributed by atoms with Crippen LogP contribution in [0.4, 0.5) is 26.3 Å². The second-order valence-corrected chi connectivity index (χ2v) is 8.29. The summed E-state index contributed by atoms with van der Waals surface area (Å²) < 4.78 is 99.3. The Kier molecular flexibility index (Phi) is 7.37. The van der Waals surface area contributed by atoms with Crippen LogP contribution < -0.4 is 4.74 Å². The van der Waals surface area contributed by atoms with Gasteiger partial charge in [-0.1, -0.05) is 37.6 Å². The SMILES string of the molecule is CCCC1COC(c2ccc(-c3ccc(C(F)(F)Oc4cc(F)c(F)c(F)c4)cc3)c(F)c2)OC1. The van der Waals surface area contributed by atoms with Crippen LogP contribution in [0.15, 0.2) is 54.6 Å². The lowest BCUT2D eigenvalue weighted by Gasteiger charge is -2.29. The summed E-state index contributed by atoms with van der Waals surface area (Å²) in [4.78, 5) is 0. The highest BCUT2D eigenvalue weighted by molar-refractivity contribution is 5.65. The van der Waals surface area contributed by atoms with Crippen molar-refractivity contribution < 1.29 is 40.6 Å². The Bertz CT molecular complexity index is 1150. The molecule has 1 fully saturated rings. The third-order valence-corrected chi connectivity index (χ3v) is 5.66. The van der Waals surface area contributed by atoms with E-state index in [4.69, 9.17) is 9.47 Å². The lowest BCUT2D eigenvalue weighted by Crippen LogP contribution is -2.27. The van der Waals surface area contributed by atoms with Gasteiger partial charge in [-0.3, -0.25) is 0 Å². The van der Waals surface area contributed by atoms with E-state index in [1.54, 1.807) is 6.07 Å². The van der Waals surface area contributed by atoms with E-state index < -0.39 is 47.0 Å². The van der Waals surface area contributed by atoms with E-state index >= 15 is 0 Å². The second-order valence-electron chi connectivity index (χ2n) is 8.29. The first-order valence-corrected chi connectivity index (χ1v) is 11.0. The van der Waals surface area contributed by atoms with Gasteiger partial charge < -0.3 is 14.2 Å². The number of ether oxygens (including phenoxy) is 3. The number of benzene rings is 3. The summed E-state index contributed by atoms with van der Waals surface area (Å²) in [5.74, 6) is -6.27. The van der Waals surface area contributed by atoms with Crippen molar-refractivity contribution in [2.45, 2.75) is 32.2 Å². The van der Waals surface area contributed by atoms with E-state index in [2.05, 4.69) is 11.7 Å². The predicted octanol–water partition coefficient (Wildman–Crippen LogP) is 7.50. The number of hydrogen-bond acceptors (Lipinski definition) is 3. The number of hydrogen-bond donors (Lipinski definition) is 0. The number of halogens is 6. The summed E-state index contributed by atoms with van der Waals surface area (Å²) in [6, 6.07) is 9.60. The van der Waals surface area contributed by atoms with Crippen molar-refractivity contribution in [2.24, 2.45) is 5.92 Å². The molecule has 3 nitrogen and oxygen atoms in total. The fourth-order valence-corrected chi connectivity index (χ4v) is 3.86. The van der Waals surface area contributed by atoms with Crippen molar-refractivity contribution in [1.29, 1.82) is 0 Å². The van der Waals surface area contributed by atoms with Crippen LogP contribution in [0.25, 0.3) is 11.1 Å². The predicted molar refractivity (Wildman–Crippen MR) is 116 cm³/mol. The van der Waals surface area contributed by atoms with Gasteiger partial charge in [-0.15, -0.1) is 0 Å². The molecule has 3 aromatic rings. The lowest BCUT2D eigenvalue weighted by atomic mass is 10.0. The molecule has 3 aromatic carbocycles. The highest BCUT2D eigenvalue weighted by Gasteiger charge is 2.35. The zero-order chi connectivity index (χ0) is 25.2. The van der Waals surface area contributed by atoms with Crippen LogP contribution in [0.5, 0.6) is 5.75 Å². The average Bonchev–Trinajstić information content (AvgIpc) is 2.83. The Labute approximate surface area is 198 Å². The summed E-state index contributed by atoms with van der Waals surface area (Å²) >= 11 is 0. The number of alkyl halides is 2. The van der Waals surface area contributed by atoms with E-state index in [0.717, 1.165) is 25.0 Å². The Morgan fingerprint density at radius 2 is 1.49 bits per heavy atom. The summed E-state index contributed by atoms with van der Waals surface area (Å²) in [7, 11) is 0. The summed E-state index contributed by atoms with van der Waals surface area (Å²) in [5.41, 5.74) is 0.360. The molecule has 0 spiro atoms. The van der Waals surface area contributed by atoms with E-state index in [1.165, 1.54) is 24.3 Å². The topological polar surface area (TPSA) is 27.7 Å². The normalized spacial score (nSPS) is 18.5. The van der Waals surface area contributed by atoms with Crippen molar-refractivity contribution in [2.75, 3.05) is 13.2 Å². The van der Waals surface area contributed by atoms with Gasteiger partial charge in [-0.05, 0) is 30.2 Å². The molecule has 4 rings (SSSR count). The fraction of sp³-hybridized carbons (Fsp3) is 0.308. The quantitative estimate of drug-likeness (QED) is 0.250. The van der Waals surface area contributed by atoms with Crippen LogP contribution in [-0.4, -0.2) is 13.2 Å². The first-order valence-electron chi connectivity index (χ1n) is 11.0. The Morgan fingerprint density at radius 3 is 2.06 bits per heavy atom. The van der Waals surface area contributed by atoms with Crippen molar-refractivity contribution in [3.8, 4) is 16.9 Å². The molecule has 1 saturated heterocycles. The third kappa shape index (κ3) is 5.62. The van der Waals surface area contributed by atoms with Crippen LogP contribution in [0.3, 0.4) is 0 Å². The minimum Gasteiger partial charge on any atom is -0.429 e. The number of rotatable bonds is 7. The van der Waals surface area contributed by atoms with Crippen molar-refractivity contribution in [3.63, 3.8) is 0 Å². The molecular weight excluding hydrogens is 474 g/mol. The molecule has 1 heterocycles. The van der Waals surface area contributed by atoms with Crippen LogP contribution >= 0.6 is 0 Å². The molecule has 0 radical (unpaired) electrons. The van der Waals surface area contributed by atoms with E-state index in [0.29, 0.717) is 42.4 Å². The van der Waals surface area contributed by atoms with Gasteiger partial charge in [-0.25, -0.2) is 17.6 Å². The molecule has 1 aliphatic rings. The summed E-state index contributed by atoms with van der Waals surface area (Å²) in [6.07, 6.45) is -2.65. The van der Waals surface area contributed by atoms with Gasteiger partial charge in [0.2, 0.25) is 0 Å². The molecular formula is C26H22F6O3. The molecule has 0 saturated carbocycles. The molecule has 35 heavy (non-hydrogen) atoms. The molecule has 0 N–H and O–H groups in total. The van der Waals surface area contributed by atoms with Gasteiger partial charge in [0.05, 0.1) is 18.8 Å².